The van der Waals surface area contributed by atoms with Gasteiger partial charge in [0.05, 0.1) is 0 Å². The molecule has 0 bridgehead atoms. The molecule has 3 nitrogen and oxygen atoms in total. The van der Waals surface area contributed by atoms with E-state index in [9.17, 15) is 5.11 Å². The Hall–Kier alpha value is -1.74. The minimum Gasteiger partial charge on any atom is -0.507 e. The molecule has 25 heavy (non-hydrogen) atoms. The van der Waals surface area contributed by atoms with Gasteiger partial charge in [0.15, 0.2) is 0 Å². The summed E-state index contributed by atoms with van der Waals surface area (Å²) in [5, 5.41) is 10.8. The summed E-state index contributed by atoms with van der Waals surface area (Å²) >= 11 is 0. The molecular formula is C22H33NO2. The highest BCUT2D eigenvalue weighted by atomic mass is 16.5. The lowest BCUT2D eigenvalue weighted by Crippen LogP contribution is -2.19. The molecule has 2 unspecified atom stereocenters. The van der Waals surface area contributed by atoms with Crippen molar-refractivity contribution in [2.24, 2.45) is 11.7 Å². The molecule has 0 aliphatic heterocycles. The number of nitrogens with two attached hydrogens (primary N) is 1. The van der Waals surface area contributed by atoms with Crippen molar-refractivity contribution in [1.29, 1.82) is 0 Å². The highest BCUT2D eigenvalue weighted by Crippen LogP contribution is 2.46. The van der Waals surface area contributed by atoms with Gasteiger partial charge >= 0.3 is 0 Å². The topological polar surface area (TPSA) is 55.5 Å². The molecule has 0 saturated carbocycles. The van der Waals surface area contributed by atoms with Crippen LogP contribution in [0.25, 0.3) is 0 Å². The molecule has 2 atom stereocenters. The Morgan fingerprint density at radius 2 is 2.12 bits per heavy atom. The lowest BCUT2D eigenvalue weighted by atomic mass is 9.73. The Labute approximate surface area is 152 Å². The van der Waals surface area contributed by atoms with Gasteiger partial charge in [-0.3, -0.25) is 5.73 Å². The zero-order valence-corrected chi connectivity index (χ0v) is 16.0. The maximum Gasteiger partial charge on any atom is 0.137 e. The van der Waals surface area contributed by atoms with E-state index in [1.165, 1.54) is 18.4 Å². The molecule has 1 aliphatic rings. The SMILES string of the molecule is C=C(C)C1CCC(C)=CC1c1c(O)cc(CCCCC)cc1OCN. The third kappa shape index (κ3) is 4.88. The van der Waals surface area contributed by atoms with Crippen LogP contribution in [-0.2, 0) is 6.42 Å². The largest absolute Gasteiger partial charge is 0.507 e. The Balaban J connectivity index is 2.43. The fraction of sp³-hybridized carbons (Fsp3) is 0.545. The highest BCUT2D eigenvalue weighted by Gasteiger charge is 2.30. The van der Waals surface area contributed by atoms with Crippen LogP contribution in [-0.4, -0.2) is 11.8 Å². The Bertz CT molecular complexity index is 633. The molecule has 0 spiro atoms. The molecule has 0 radical (unpaired) electrons. The number of hydrogen-bond acceptors (Lipinski definition) is 3. The van der Waals surface area contributed by atoms with Crippen molar-refractivity contribution in [1.82, 2.24) is 0 Å². The summed E-state index contributed by atoms with van der Waals surface area (Å²) < 4.78 is 5.74. The van der Waals surface area contributed by atoms with E-state index < -0.39 is 0 Å². The van der Waals surface area contributed by atoms with E-state index >= 15 is 0 Å². The number of hydrogen-bond donors (Lipinski definition) is 2. The van der Waals surface area contributed by atoms with Crippen LogP contribution in [0.4, 0.5) is 0 Å². The summed E-state index contributed by atoms with van der Waals surface area (Å²) in [6.45, 7) is 10.7. The molecule has 0 amide bonds. The normalized spacial score (nSPS) is 20.2. The second-order valence-corrected chi connectivity index (χ2v) is 7.33. The first-order chi connectivity index (χ1) is 12.0. The van der Waals surface area contributed by atoms with Crippen molar-refractivity contribution in [3.63, 3.8) is 0 Å². The van der Waals surface area contributed by atoms with E-state index in [4.69, 9.17) is 10.5 Å². The number of rotatable bonds is 8. The van der Waals surface area contributed by atoms with E-state index in [-0.39, 0.29) is 12.6 Å². The minimum atomic E-state index is 0.0949. The van der Waals surface area contributed by atoms with E-state index in [0.29, 0.717) is 11.7 Å². The third-order valence-electron chi connectivity index (χ3n) is 5.20. The quantitative estimate of drug-likeness (QED) is 0.375. The fourth-order valence-electron chi connectivity index (χ4n) is 3.84. The Morgan fingerprint density at radius 1 is 1.36 bits per heavy atom. The predicted octanol–water partition coefficient (Wildman–Crippen LogP) is 5.44. The van der Waals surface area contributed by atoms with Crippen molar-refractivity contribution in [3.05, 3.63) is 47.1 Å². The van der Waals surface area contributed by atoms with Crippen LogP contribution in [0.3, 0.4) is 0 Å². The number of ether oxygens (including phenoxy) is 1. The molecule has 0 aromatic heterocycles. The molecule has 0 fully saturated rings. The highest BCUT2D eigenvalue weighted by molar-refractivity contribution is 5.52. The number of aromatic hydroxyl groups is 1. The summed E-state index contributed by atoms with van der Waals surface area (Å²) in [7, 11) is 0. The van der Waals surface area contributed by atoms with Gasteiger partial charge in [-0.1, -0.05) is 43.6 Å². The lowest BCUT2D eigenvalue weighted by molar-refractivity contribution is 0.316. The number of phenols is 1. The summed E-state index contributed by atoms with van der Waals surface area (Å²) in [5.41, 5.74) is 10.1. The van der Waals surface area contributed by atoms with Crippen molar-refractivity contribution >= 4 is 0 Å². The zero-order valence-electron chi connectivity index (χ0n) is 16.0. The second-order valence-electron chi connectivity index (χ2n) is 7.33. The van der Waals surface area contributed by atoms with Crippen molar-refractivity contribution < 1.29 is 9.84 Å². The smallest absolute Gasteiger partial charge is 0.137 e. The Kier molecular flexibility index (Phi) is 7.12. The number of benzene rings is 1. The third-order valence-corrected chi connectivity index (χ3v) is 5.20. The summed E-state index contributed by atoms with van der Waals surface area (Å²) in [6, 6.07) is 3.96. The molecule has 1 aromatic rings. The maximum absolute atomic E-state index is 10.8. The van der Waals surface area contributed by atoms with Gasteiger partial charge in [0.2, 0.25) is 0 Å². The van der Waals surface area contributed by atoms with Crippen molar-refractivity contribution in [2.75, 3.05) is 6.73 Å². The molecule has 0 heterocycles. The molecular weight excluding hydrogens is 310 g/mol. The molecule has 2 rings (SSSR count). The van der Waals surface area contributed by atoms with Gasteiger partial charge in [-0.05, 0) is 63.1 Å². The number of phenolic OH excluding ortho intramolecular Hbond substituents is 1. The van der Waals surface area contributed by atoms with Crippen LogP contribution in [0.1, 0.15) is 69.9 Å². The van der Waals surface area contributed by atoms with E-state index in [0.717, 1.165) is 48.1 Å². The molecule has 138 valence electrons. The van der Waals surface area contributed by atoms with Crippen molar-refractivity contribution in [2.45, 2.75) is 65.2 Å². The van der Waals surface area contributed by atoms with Gasteiger partial charge in [0.1, 0.15) is 18.2 Å². The summed E-state index contributed by atoms with van der Waals surface area (Å²) in [5.74, 6) is 1.45. The first-order valence-electron chi connectivity index (χ1n) is 9.49. The van der Waals surface area contributed by atoms with Gasteiger partial charge < -0.3 is 9.84 Å². The van der Waals surface area contributed by atoms with Gasteiger partial charge in [0, 0.05) is 11.5 Å². The molecule has 3 heteroatoms. The van der Waals surface area contributed by atoms with Crippen LogP contribution in [0.15, 0.2) is 35.9 Å². The predicted molar refractivity (Wildman–Crippen MR) is 105 cm³/mol. The van der Waals surface area contributed by atoms with E-state index in [1.807, 2.05) is 6.07 Å². The number of aryl methyl sites for hydroxylation is 1. The van der Waals surface area contributed by atoms with Crippen molar-refractivity contribution in [3.8, 4) is 11.5 Å². The molecule has 0 saturated heterocycles. The lowest BCUT2D eigenvalue weighted by Gasteiger charge is -2.32. The zero-order chi connectivity index (χ0) is 18.4. The molecule has 1 aliphatic carbocycles. The standard InChI is InChI=1S/C22H33NO2/c1-5-6-7-8-17-12-20(24)22(21(13-17)25-14-23)19-11-16(4)9-10-18(19)15(2)3/h11-13,18-19,24H,2,5-10,14,23H2,1,3-4H3. The van der Waals surface area contributed by atoms with Crippen LogP contribution in [0.5, 0.6) is 11.5 Å². The maximum atomic E-state index is 10.8. The average Bonchev–Trinajstić information content (AvgIpc) is 2.55. The fourth-order valence-corrected chi connectivity index (χ4v) is 3.84. The van der Waals surface area contributed by atoms with Gasteiger partial charge in [-0.25, -0.2) is 0 Å². The summed E-state index contributed by atoms with van der Waals surface area (Å²) in [6.07, 6.45) is 8.85. The average molecular weight is 344 g/mol. The Morgan fingerprint density at radius 3 is 2.76 bits per heavy atom. The number of unbranched alkanes of at least 4 members (excludes halogenated alkanes) is 2. The molecule has 1 aromatic carbocycles. The second kappa shape index (κ2) is 9.10. The number of allylic oxidation sites excluding steroid dienone is 3. The van der Waals surface area contributed by atoms with Gasteiger partial charge in [-0.15, -0.1) is 0 Å². The summed E-state index contributed by atoms with van der Waals surface area (Å²) in [4.78, 5) is 0. The van der Waals surface area contributed by atoms with E-state index in [2.05, 4.69) is 39.5 Å². The van der Waals surface area contributed by atoms with Gasteiger partial charge in [0.25, 0.3) is 0 Å². The van der Waals surface area contributed by atoms with Crippen LogP contribution < -0.4 is 10.5 Å². The van der Waals surface area contributed by atoms with Crippen LogP contribution >= 0.6 is 0 Å². The van der Waals surface area contributed by atoms with Gasteiger partial charge in [-0.2, -0.15) is 0 Å². The van der Waals surface area contributed by atoms with E-state index in [1.54, 1.807) is 0 Å². The van der Waals surface area contributed by atoms with Crippen LogP contribution in [0, 0.1) is 5.92 Å². The molecule has 3 N–H and O–H groups in total. The monoisotopic (exact) mass is 343 g/mol. The van der Waals surface area contributed by atoms with Crippen LogP contribution in [0.2, 0.25) is 0 Å². The minimum absolute atomic E-state index is 0.0949. The first-order valence-corrected chi connectivity index (χ1v) is 9.49. The first kappa shape index (κ1) is 19.6.